The van der Waals surface area contributed by atoms with Crippen LogP contribution in [0, 0.1) is 0 Å². The van der Waals surface area contributed by atoms with Gasteiger partial charge in [0.2, 0.25) is 5.89 Å². The van der Waals surface area contributed by atoms with E-state index >= 15 is 0 Å². The van der Waals surface area contributed by atoms with Crippen molar-refractivity contribution in [3.8, 4) is 11.3 Å². The molecule has 0 saturated heterocycles. The van der Waals surface area contributed by atoms with Crippen LogP contribution in [0.25, 0.3) is 11.3 Å². The second kappa shape index (κ2) is 7.16. The zero-order valence-corrected chi connectivity index (χ0v) is 11.2. The van der Waals surface area contributed by atoms with Crippen molar-refractivity contribution in [2.75, 3.05) is 20.1 Å². The first kappa shape index (κ1) is 14.7. The Bertz CT molecular complexity index is 458. The maximum absolute atomic E-state index is 5.69. The SMILES string of the molecule is CN(CCN)Cc1ncc(-c2ccccc2)o1.Cl. The fourth-order valence-corrected chi connectivity index (χ4v) is 1.65. The van der Waals surface area contributed by atoms with Gasteiger partial charge in [-0.1, -0.05) is 30.3 Å². The molecule has 0 aliphatic rings. The van der Waals surface area contributed by atoms with Crippen molar-refractivity contribution in [2.24, 2.45) is 5.73 Å². The molecule has 1 aromatic heterocycles. The van der Waals surface area contributed by atoms with E-state index < -0.39 is 0 Å². The summed E-state index contributed by atoms with van der Waals surface area (Å²) in [6, 6.07) is 9.97. The van der Waals surface area contributed by atoms with Crippen molar-refractivity contribution < 1.29 is 4.42 Å². The summed E-state index contributed by atoms with van der Waals surface area (Å²) in [7, 11) is 2.00. The normalized spacial score (nSPS) is 10.4. The van der Waals surface area contributed by atoms with E-state index in [-0.39, 0.29) is 12.4 Å². The molecule has 1 aromatic carbocycles. The van der Waals surface area contributed by atoms with Crippen molar-refractivity contribution in [1.29, 1.82) is 0 Å². The van der Waals surface area contributed by atoms with E-state index in [1.54, 1.807) is 6.20 Å². The molecule has 0 bridgehead atoms. The number of rotatable bonds is 5. The van der Waals surface area contributed by atoms with E-state index in [1.807, 2.05) is 37.4 Å². The fraction of sp³-hybridized carbons (Fsp3) is 0.308. The third kappa shape index (κ3) is 3.84. The zero-order valence-electron chi connectivity index (χ0n) is 10.4. The van der Waals surface area contributed by atoms with Gasteiger partial charge in [-0.15, -0.1) is 12.4 Å². The monoisotopic (exact) mass is 267 g/mol. The molecule has 0 unspecified atom stereocenters. The highest BCUT2D eigenvalue weighted by Gasteiger charge is 2.07. The molecule has 0 spiro atoms. The third-order valence-corrected chi connectivity index (χ3v) is 2.53. The maximum atomic E-state index is 5.69. The molecule has 98 valence electrons. The summed E-state index contributed by atoms with van der Waals surface area (Å²) in [5.74, 6) is 1.53. The molecule has 1 heterocycles. The highest BCUT2D eigenvalue weighted by Crippen LogP contribution is 2.19. The lowest BCUT2D eigenvalue weighted by molar-refractivity contribution is 0.297. The van der Waals surface area contributed by atoms with Crippen LogP contribution in [-0.4, -0.2) is 30.0 Å². The first-order chi connectivity index (χ1) is 8.29. The Morgan fingerprint density at radius 1 is 1.28 bits per heavy atom. The first-order valence-electron chi connectivity index (χ1n) is 5.68. The summed E-state index contributed by atoms with van der Waals surface area (Å²) in [5.41, 5.74) is 6.54. The summed E-state index contributed by atoms with van der Waals surface area (Å²) in [6.07, 6.45) is 1.76. The molecule has 0 aliphatic carbocycles. The van der Waals surface area contributed by atoms with Crippen LogP contribution in [-0.2, 0) is 6.54 Å². The molecule has 0 saturated carbocycles. The Balaban J connectivity index is 0.00000162. The van der Waals surface area contributed by atoms with E-state index in [1.165, 1.54) is 0 Å². The molecular weight excluding hydrogens is 250 g/mol. The Morgan fingerprint density at radius 2 is 2.00 bits per heavy atom. The van der Waals surface area contributed by atoms with Gasteiger partial charge in [-0.25, -0.2) is 4.98 Å². The third-order valence-electron chi connectivity index (χ3n) is 2.53. The number of aromatic nitrogens is 1. The van der Waals surface area contributed by atoms with Gasteiger partial charge in [0.15, 0.2) is 5.76 Å². The van der Waals surface area contributed by atoms with E-state index in [0.29, 0.717) is 13.1 Å². The van der Waals surface area contributed by atoms with Gasteiger partial charge >= 0.3 is 0 Å². The van der Waals surface area contributed by atoms with Crippen molar-refractivity contribution in [3.63, 3.8) is 0 Å². The van der Waals surface area contributed by atoms with Gasteiger partial charge in [0.1, 0.15) is 0 Å². The van der Waals surface area contributed by atoms with Crippen LogP contribution in [0.2, 0.25) is 0 Å². The van der Waals surface area contributed by atoms with Gasteiger partial charge in [-0.05, 0) is 7.05 Å². The average molecular weight is 268 g/mol. The highest BCUT2D eigenvalue weighted by molar-refractivity contribution is 5.85. The molecule has 2 rings (SSSR count). The van der Waals surface area contributed by atoms with Gasteiger partial charge in [0.05, 0.1) is 12.7 Å². The van der Waals surface area contributed by atoms with Crippen LogP contribution in [0.4, 0.5) is 0 Å². The zero-order chi connectivity index (χ0) is 12.1. The lowest BCUT2D eigenvalue weighted by Crippen LogP contribution is -2.25. The second-order valence-corrected chi connectivity index (χ2v) is 4.01. The molecule has 0 atom stereocenters. The van der Waals surface area contributed by atoms with Crippen LogP contribution in [0.3, 0.4) is 0 Å². The fourth-order valence-electron chi connectivity index (χ4n) is 1.65. The predicted octanol–water partition coefficient (Wildman–Crippen LogP) is 2.15. The number of oxazole rings is 1. The van der Waals surface area contributed by atoms with E-state index in [9.17, 15) is 0 Å². The van der Waals surface area contributed by atoms with Gasteiger partial charge in [-0.2, -0.15) is 0 Å². The number of hydrogen-bond donors (Lipinski definition) is 1. The summed E-state index contributed by atoms with van der Waals surface area (Å²) in [5, 5.41) is 0. The molecule has 4 nitrogen and oxygen atoms in total. The number of nitrogens with zero attached hydrogens (tertiary/aromatic N) is 2. The first-order valence-corrected chi connectivity index (χ1v) is 5.68. The van der Waals surface area contributed by atoms with Crippen molar-refractivity contribution in [1.82, 2.24) is 9.88 Å². The Morgan fingerprint density at radius 3 is 2.67 bits per heavy atom. The van der Waals surface area contributed by atoms with Gasteiger partial charge in [0, 0.05) is 18.7 Å². The number of hydrogen-bond acceptors (Lipinski definition) is 4. The van der Waals surface area contributed by atoms with Crippen LogP contribution in [0.15, 0.2) is 40.9 Å². The Hall–Kier alpha value is -1.36. The van der Waals surface area contributed by atoms with Crippen molar-refractivity contribution in [3.05, 3.63) is 42.4 Å². The molecule has 18 heavy (non-hydrogen) atoms. The molecule has 2 N–H and O–H groups in total. The quantitative estimate of drug-likeness (QED) is 0.902. The lowest BCUT2D eigenvalue weighted by atomic mass is 10.2. The number of halogens is 1. The van der Waals surface area contributed by atoms with E-state index in [0.717, 1.165) is 23.8 Å². The van der Waals surface area contributed by atoms with Crippen LogP contribution < -0.4 is 5.73 Å². The van der Waals surface area contributed by atoms with Crippen LogP contribution >= 0.6 is 12.4 Å². The number of benzene rings is 1. The molecule has 5 heteroatoms. The summed E-state index contributed by atoms with van der Waals surface area (Å²) < 4.78 is 5.69. The van der Waals surface area contributed by atoms with Gasteiger partial charge in [-0.3, -0.25) is 4.90 Å². The largest absolute Gasteiger partial charge is 0.439 e. The minimum atomic E-state index is 0. The van der Waals surface area contributed by atoms with Gasteiger partial charge in [0.25, 0.3) is 0 Å². The molecule has 0 fully saturated rings. The molecular formula is C13H18ClN3O. The minimum absolute atomic E-state index is 0. The Kier molecular flexibility index (Phi) is 5.85. The van der Waals surface area contributed by atoms with E-state index in [2.05, 4.69) is 9.88 Å². The number of likely N-dealkylation sites (N-methyl/N-ethyl adjacent to an activating group) is 1. The molecule has 0 radical (unpaired) electrons. The molecule has 0 aliphatic heterocycles. The highest BCUT2D eigenvalue weighted by atomic mass is 35.5. The standard InChI is InChI=1S/C13H17N3O.ClH/c1-16(8-7-14)10-13-15-9-12(17-13)11-5-3-2-4-6-11;/h2-6,9H,7-8,10,14H2,1H3;1H. The Labute approximate surface area is 113 Å². The predicted molar refractivity (Wildman–Crippen MR) is 74.6 cm³/mol. The lowest BCUT2D eigenvalue weighted by Gasteiger charge is -2.11. The van der Waals surface area contributed by atoms with Crippen molar-refractivity contribution in [2.45, 2.75) is 6.54 Å². The molecule has 0 amide bonds. The van der Waals surface area contributed by atoms with Crippen molar-refractivity contribution >= 4 is 12.4 Å². The van der Waals surface area contributed by atoms with E-state index in [4.69, 9.17) is 10.2 Å². The van der Waals surface area contributed by atoms with Gasteiger partial charge < -0.3 is 10.2 Å². The minimum Gasteiger partial charge on any atom is -0.439 e. The van der Waals surface area contributed by atoms with Crippen LogP contribution in [0.1, 0.15) is 5.89 Å². The van der Waals surface area contributed by atoms with Crippen LogP contribution in [0.5, 0.6) is 0 Å². The maximum Gasteiger partial charge on any atom is 0.209 e. The summed E-state index contributed by atoms with van der Waals surface area (Å²) in [6.45, 7) is 2.16. The smallest absolute Gasteiger partial charge is 0.209 e. The second-order valence-electron chi connectivity index (χ2n) is 4.01. The average Bonchev–Trinajstić information content (AvgIpc) is 2.79. The molecule has 2 aromatic rings. The summed E-state index contributed by atoms with van der Waals surface area (Å²) in [4.78, 5) is 6.35. The summed E-state index contributed by atoms with van der Waals surface area (Å²) >= 11 is 0. The number of nitrogens with two attached hydrogens (primary N) is 1. The topological polar surface area (TPSA) is 55.3 Å².